The molecule has 0 radical (unpaired) electrons. The van der Waals surface area contributed by atoms with Gasteiger partial charge in [-0.15, -0.1) is 0 Å². The number of hydrogen-bond donors (Lipinski definition) is 2. The molecule has 4 aliphatic rings. The molecule has 23 heavy (non-hydrogen) atoms. The quantitative estimate of drug-likeness (QED) is 0.706. The molecule has 126 valence electrons. The summed E-state index contributed by atoms with van der Waals surface area (Å²) in [6.45, 7) is 1.11. The van der Waals surface area contributed by atoms with E-state index in [0.717, 1.165) is 17.8 Å². The van der Waals surface area contributed by atoms with Gasteiger partial charge in [0.15, 0.2) is 0 Å². The van der Waals surface area contributed by atoms with Gasteiger partial charge in [0.05, 0.1) is 6.07 Å². The van der Waals surface area contributed by atoms with Gasteiger partial charge in [-0.05, 0) is 68.1 Å². The molecule has 5 nitrogen and oxygen atoms in total. The number of nitrogens with one attached hydrogen (secondary N) is 2. The van der Waals surface area contributed by atoms with Gasteiger partial charge in [-0.2, -0.15) is 5.26 Å². The third-order valence-electron chi connectivity index (χ3n) is 5.94. The van der Waals surface area contributed by atoms with Gasteiger partial charge in [0.2, 0.25) is 11.8 Å². The topological polar surface area (TPSA) is 82.0 Å². The van der Waals surface area contributed by atoms with Crippen LogP contribution in [-0.4, -0.2) is 24.9 Å². The van der Waals surface area contributed by atoms with E-state index in [1.165, 1.54) is 38.5 Å². The van der Waals surface area contributed by atoms with Crippen molar-refractivity contribution in [3.63, 3.8) is 0 Å². The van der Waals surface area contributed by atoms with Gasteiger partial charge in [0, 0.05) is 19.5 Å². The molecule has 0 aromatic rings. The van der Waals surface area contributed by atoms with Crippen molar-refractivity contribution in [1.82, 2.24) is 10.6 Å². The molecule has 0 spiro atoms. The van der Waals surface area contributed by atoms with Gasteiger partial charge in [-0.1, -0.05) is 0 Å². The molecule has 0 atom stereocenters. The smallest absolute Gasteiger partial charge is 0.234 e. The average molecular weight is 317 g/mol. The van der Waals surface area contributed by atoms with Crippen LogP contribution in [0.15, 0.2) is 0 Å². The van der Waals surface area contributed by atoms with Crippen molar-refractivity contribution in [1.29, 1.82) is 5.26 Å². The number of carbonyl (C=O) groups excluding carboxylic acids is 2. The fourth-order valence-electron chi connectivity index (χ4n) is 5.59. The molecule has 0 heterocycles. The summed E-state index contributed by atoms with van der Waals surface area (Å²) in [5, 5.41) is 14.1. The Kier molecular flexibility index (Phi) is 4.89. The SMILES string of the molecule is N#CCC(=O)NCCCNC(=O)CC12CC3CC(CC(C3)C1)C2. The van der Waals surface area contributed by atoms with Crippen LogP contribution in [0.5, 0.6) is 0 Å². The highest BCUT2D eigenvalue weighted by Gasteiger charge is 2.51. The Morgan fingerprint density at radius 1 is 0.957 bits per heavy atom. The predicted octanol–water partition coefficient (Wildman–Crippen LogP) is 2.13. The van der Waals surface area contributed by atoms with Crippen LogP contribution in [0.3, 0.4) is 0 Å². The summed E-state index contributed by atoms with van der Waals surface area (Å²) >= 11 is 0. The molecule has 2 N–H and O–H groups in total. The second-order valence-electron chi connectivity index (χ2n) is 7.98. The Morgan fingerprint density at radius 3 is 2.00 bits per heavy atom. The van der Waals surface area contributed by atoms with Crippen LogP contribution >= 0.6 is 0 Å². The van der Waals surface area contributed by atoms with Gasteiger partial charge in [-0.25, -0.2) is 0 Å². The maximum atomic E-state index is 12.3. The first kappa shape index (κ1) is 16.3. The summed E-state index contributed by atoms with van der Waals surface area (Å²) in [6.07, 6.45) is 9.30. The van der Waals surface area contributed by atoms with Crippen molar-refractivity contribution in [3.8, 4) is 6.07 Å². The van der Waals surface area contributed by atoms with Crippen LogP contribution in [0.25, 0.3) is 0 Å². The van der Waals surface area contributed by atoms with Crippen LogP contribution < -0.4 is 10.6 Å². The maximum absolute atomic E-state index is 12.3. The van der Waals surface area contributed by atoms with Gasteiger partial charge < -0.3 is 10.6 Å². The third kappa shape index (κ3) is 4.04. The normalized spacial score (nSPS) is 34.0. The highest BCUT2D eigenvalue weighted by Crippen LogP contribution is 2.61. The lowest BCUT2D eigenvalue weighted by atomic mass is 9.49. The molecule has 0 aliphatic heterocycles. The van der Waals surface area contributed by atoms with E-state index in [-0.39, 0.29) is 18.2 Å². The second kappa shape index (κ2) is 6.90. The molecule has 4 bridgehead atoms. The Morgan fingerprint density at radius 2 is 1.48 bits per heavy atom. The third-order valence-corrected chi connectivity index (χ3v) is 5.94. The van der Waals surface area contributed by atoms with Crippen LogP contribution in [0.2, 0.25) is 0 Å². The van der Waals surface area contributed by atoms with Gasteiger partial charge in [0.1, 0.15) is 6.42 Å². The maximum Gasteiger partial charge on any atom is 0.234 e. The Bertz CT molecular complexity index is 474. The fourth-order valence-corrected chi connectivity index (χ4v) is 5.59. The minimum atomic E-state index is -0.243. The van der Waals surface area contributed by atoms with E-state index in [1.807, 2.05) is 6.07 Å². The minimum absolute atomic E-state index is 0.0988. The molecular weight excluding hydrogens is 290 g/mol. The van der Waals surface area contributed by atoms with E-state index >= 15 is 0 Å². The lowest BCUT2D eigenvalue weighted by Gasteiger charge is -2.56. The summed E-state index contributed by atoms with van der Waals surface area (Å²) in [5.74, 6) is 2.57. The second-order valence-corrected chi connectivity index (χ2v) is 7.98. The van der Waals surface area contributed by atoms with Crippen LogP contribution in [0.1, 0.15) is 57.8 Å². The van der Waals surface area contributed by atoms with Gasteiger partial charge in [-0.3, -0.25) is 9.59 Å². The molecule has 0 aromatic carbocycles. The molecular formula is C18H27N3O2. The number of amides is 2. The molecule has 0 aromatic heterocycles. The Labute approximate surface area is 138 Å². The van der Waals surface area contributed by atoms with Crippen molar-refractivity contribution in [2.24, 2.45) is 23.2 Å². The largest absolute Gasteiger partial charge is 0.356 e. The molecule has 0 saturated heterocycles. The number of rotatable bonds is 7. The lowest BCUT2D eigenvalue weighted by molar-refractivity contribution is -0.129. The van der Waals surface area contributed by atoms with Crippen molar-refractivity contribution in [3.05, 3.63) is 0 Å². The summed E-state index contributed by atoms with van der Waals surface area (Å²) in [4.78, 5) is 23.4. The zero-order valence-corrected chi connectivity index (χ0v) is 13.8. The molecule has 2 amide bonds. The predicted molar refractivity (Wildman–Crippen MR) is 86.1 cm³/mol. The first-order valence-electron chi connectivity index (χ1n) is 8.99. The number of hydrogen-bond acceptors (Lipinski definition) is 3. The van der Waals surface area contributed by atoms with E-state index in [0.29, 0.717) is 31.3 Å². The monoisotopic (exact) mass is 317 g/mol. The van der Waals surface area contributed by atoms with Crippen molar-refractivity contribution in [2.45, 2.75) is 57.8 Å². The molecule has 4 saturated carbocycles. The average Bonchev–Trinajstić information content (AvgIpc) is 2.45. The summed E-state index contributed by atoms with van der Waals surface area (Å²) in [7, 11) is 0. The minimum Gasteiger partial charge on any atom is -0.356 e. The molecule has 4 rings (SSSR count). The molecule has 0 unspecified atom stereocenters. The van der Waals surface area contributed by atoms with Gasteiger partial charge >= 0.3 is 0 Å². The zero-order valence-electron chi connectivity index (χ0n) is 13.8. The number of nitriles is 1. The fraction of sp³-hybridized carbons (Fsp3) is 0.833. The summed E-state index contributed by atoms with van der Waals surface area (Å²) in [5.41, 5.74) is 0.292. The Hall–Kier alpha value is -1.57. The molecule has 4 fully saturated rings. The first-order chi connectivity index (χ1) is 11.1. The van der Waals surface area contributed by atoms with Crippen molar-refractivity contribution >= 4 is 11.8 Å². The van der Waals surface area contributed by atoms with Gasteiger partial charge in [0.25, 0.3) is 0 Å². The summed E-state index contributed by atoms with van der Waals surface area (Å²) < 4.78 is 0. The highest BCUT2D eigenvalue weighted by molar-refractivity contribution is 5.78. The molecule has 4 aliphatic carbocycles. The van der Waals surface area contributed by atoms with Crippen molar-refractivity contribution in [2.75, 3.05) is 13.1 Å². The van der Waals surface area contributed by atoms with Crippen LogP contribution in [-0.2, 0) is 9.59 Å². The van der Waals surface area contributed by atoms with Crippen LogP contribution in [0, 0.1) is 34.5 Å². The number of nitrogens with zero attached hydrogens (tertiary/aromatic N) is 1. The van der Waals surface area contributed by atoms with Crippen molar-refractivity contribution < 1.29 is 9.59 Å². The van der Waals surface area contributed by atoms with E-state index < -0.39 is 0 Å². The number of carbonyl (C=O) groups is 2. The van der Waals surface area contributed by atoms with E-state index in [9.17, 15) is 9.59 Å². The standard InChI is InChI=1S/C18H27N3O2/c19-3-2-16(22)20-4-1-5-21-17(23)12-18-9-13-6-14(10-18)8-15(7-13)11-18/h13-15H,1-2,4-12H2,(H,20,22)(H,21,23). The van der Waals surface area contributed by atoms with E-state index in [4.69, 9.17) is 5.26 Å². The lowest BCUT2D eigenvalue weighted by Crippen LogP contribution is -2.48. The summed E-state index contributed by atoms with van der Waals surface area (Å²) in [6, 6.07) is 1.82. The zero-order chi connectivity index (χ0) is 16.3. The Balaban J connectivity index is 1.35. The highest BCUT2D eigenvalue weighted by atomic mass is 16.2. The van der Waals surface area contributed by atoms with Crippen LogP contribution in [0.4, 0.5) is 0 Å². The molecule has 5 heteroatoms. The first-order valence-corrected chi connectivity index (χ1v) is 8.99. The van der Waals surface area contributed by atoms with E-state index in [2.05, 4.69) is 10.6 Å². The van der Waals surface area contributed by atoms with E-state index in [1.54, 1.807) is 0 Å².